The SMILES string of the molecule is C=CCNC(=O)CN1CCN(C(=O)CNC)CC1.Cl.Cl. The van der Waals surface area contributed by atoms with E-state index in [1.54, 1.807) is 13.1 Å². The summed E-state index contributed by atoms with van der Waals surface area (Å²) in [6.07, 6.45) is 1.66. The molecule has 0 bridgehead atoms. The molecule has 0 radical (unpaired) electrons. The maximum Gasteiger partial charge on any atom is 0.236 e. The third kappa shape index (κ3) is 7.69. The predicted molar refractivity (Wildman–Crippen MR) is 84.6 cm³/mol. The van der Waals surface area contributed by atoms with E-state index in [4.69, 9.17) is 0 Å². The molecule has 1 fully saturated rings. The lowest BCUT2D eigenvalue weighted by molar-refractivity contribution is -0.132. The largest absolute Gasteiger partial charge is 0.352 e. The number of nitrogens with zero attached hydrogens (tertiary/aromatic N) is 2. The molecule has 0 aromatic carbocycles. The van der Waals surface area contributed by atoms with Crippen molar-refractivity contribution >= 4 is 36.6 Å². The second-order valence-corrected chi connectivity index (χ2v) is 4.28. The average Bonchev–Trinajstić information content (AvgIpc) is 2.37. The number of carbonyl (C=O) groups is 2. The highest BCUT2D eigenvalue weighted by Gasteiger charge is 2.21. The van der Waals surface area contributed by atoms with Gasteiger partial charge in [0.15, 0.2) is 0 Å². The van der Waals surface area contributed by atoms with E-state index in [1.807, 2.05) is 4.90 Å². The van der Waals surface area contributed by atoms with Gasteiger partial charge >= 0.3 is 0 Å². The van der Waals surface area contributed by atoms with Crippen LogP contribution in [-0.4, -0.2) is 74.5 Å². The molecule has 0 spiro atoms. The van der Waals surface area contributed by atoms with Crippen LogP contribution in [0, 0.1) is 0 Å². The van der Waals surface area contributed by atoms with Crippen LogP contribution in [0.5, 0.6) is 0 Å². The molecule has 1 heterocycles. The number of hydrogen-bond donors (Lipinski definition) is 2. The van der Waals surface area contributed by atoms with E-state index >= 15 is 0 Å². The van der Waals surface area contributed by atoms with E-state index in [0.717, 1.165) is 13.1 Å². The molecular weight excluding hydrogens is 303 g/mol. The van der Waals surface area contributed by atoms with E-state index in [-0.39, 0.29) is 36.6 Å². The molecule has 1 rings (SSSR count). The predicted octanol–water partition coefficient (Wildman–Crippen LogP) is -0.504. The molecule has 2 N–H and O–H groups in total. The third-order valence-corrected chi connectivity index (χ3v) is 2.86. The van der Waals surface area contributed by atoms with E-state index in [0.29, 0.717) is 32.7 Å². The molecule has 1 aliphatic rings. The van der Waals surface area contributed by atoms with Gasteiger partial charge in [-0.15, -0.1) is 31.4 Å². The zero-order chi connectivity index (χ0) is 13.4. The summed E-state index contributed by atoms with van der Waals surface area (Å²) in [7, 11) is 1.76. The lowest BCUT2D eigenvalue weighted by Crippen LogP contribution is -2.52. The van der Waals surface area contributed by atoms with Crippen LogP contribution in [0.2, 0.25) is 0 Å². The van der Waals surface area contributed by atoms with Gasteiger partial charge in [0.05, 0.1) is 13.1 Å². The zero-order valence-corrected chi connectivity index (χ0v) is 13.4. The first-order valence-electron chi connectivity index (χ1n) is 6.19. The molecule has 1 saturated heterocycles. The Labute approximate surface area is 132 Å². The summed E-state index contributed by atoms with van der Waals surface area (Å²) in [6, 6.07) is 0. The molecule has 0 saturated carbocycles. The summed E-state index contributed by atoms with van der Waals surface area (Å²) < 4.78 is 0. The maximum absolute atomic E-state index is 11.6. The fourth-order valence-corrected chi connectivity index (χ4v) is 1.86. The summed E-state index contributed by atoms with van der Waals surface area (Å²) in [5, 5.41) is 5.60. The molecule has 0 atom stereocenters. The lowest BCUT2D eigenvalue weighted by Gasteiger charge is -2.34. The fourth-order valence-electron chi connectivity index (χ4n) is 1.86. The van der Waals surface area contributed by atoms with E-state index in [2.05, 4.69) is 22.1 Å². The smallest absolute Gasteiger partial charge is 0.236 e. The third-order valence-electron chi connectivity index (χ3n) is 2.86. The highest BCUT2D eigenvalue weighted by Crippen LogP contribution is 2.01. The number of nitrogens with one attached hydrogen (secondary N) is 2. The Kier molecular flexibility index (Phi) is 12.8. The van der Waals surface area contributed by atoms with Crippen LogP contribution in [0.3, 0.4) is 0 Å². The maximum atomic E-state index is 11.6. The topological polar surface area (TPSA) is 64.7 Å². The summed E-state index contributed by atoms with van der Waals surface area (Å²) >= 11 is 0. The van der Waals surface area contributed by atoms with Gasteiger partial charge in [0.1, 0.15) is 0 Å². The second-order valence-electron chi connectivity index (χ2n) is 4.28. The van der Waals surface area contributed by atoms with Crippen molar-refractivity contribution in [2.24, 2.45) is 0 Å². The molecule has 0 aliphatic carbocycles. The van der Waals surface area contributed by atoms with Crippen LogP contribution in [0.1, 0.15) is 0 Å². The van der Waals surface area contributed by atoms with Gasteiger partial charge in [0, 0.05) is 32.7 Å². The molecule has 20 heavy (non-hydrogen) atoms. The number of carbonyl (C=O) groups excluding carboxylic acids is 2. The molecular formula is C12H24Cl2N4O2. The number of halogens is 2. The monoisotopic (exact) mass is 326 g/mol. The van der Waals surface area contributed by atoms with Gasteiger partial charge in [-0.1, -0.05) is 6.08 Å². The quantitative estimate of drug-likeness (QED) is 0.646. The zero-order valence-electron chi connectivity index (χ0n) is 11.8. The van der Waals surface area contributed by atoms with Crippen molar-refractivity contribution in [3.05, 3.63) is 12.7 Å². The normalized spacial score (nSPS) is 14.8. The van der Waals surface area contributed by atoms with Crippen molar-refractivity contribution in [3.63, 3.8) is 0 Å². The minimum atomic E-state index is 0. The van der Waals surface area contributed by atoms with Crippen molar-refractivity contribution in [1.82, 2.24) is 20.4 Å². The molecule has 118 valence electrons. The van der Waals surface area contributed by atoms with Crippen LogP contribution in [-0.2, 0) is 9.59 Å². The standard InChI is InChI=1S/C12H22N4O2.2ClH/c1-3-4-14-11(17)10-15-5-7-16(8-6-15)12(18)9-13-2;;/h3,13H,1,4-10H2,2H3,(H,14,17);2*1H. The van der Waals surface area contributed by atoms with Crippen LogP contribution >= 0.6 is 24.8 Å². The second kappa shape index (κ2) is 12.0. The molecule has 6 nitrogen and oxygen atoms in total. The highest BCUT2D eigenvalue weighted by molar-refractivity contribution is 5.85. The Morgan fingerprint density at radius 3 is 2.30 bits per heavy atom. The number of rotatable bonds is 6. The van der Waals surface area contributed by atoms with Crippen molar-refractivity contribution < 1.29 is 9.59 Å². The molecule has 1 aliphatic heterocycles. The Hall–Kier alpha value is -0.820. The first-order chi connectivity index (χ1) is 8.67. The van der Waals surface area contributed by atoms with Crippen LogP contribution in [0.15, 0.2) is 12.7 Å². The highest BCUT2D eigenvalue weighted by atomic mass is 35.5. The Balaban J connectivity index is 0. The summed E-state index contributed by atoms with van der Waals surface area (Å²) in [4.78, 5) is 27.0. The minimum absolute atomic E-state index is 0. The molecule has 0 aromatic rings. The molecule has 8 heteroatoms. The van der Waals surface area contributed by atoms with Gasteiger partial charge in [-0.3, -0.25) is 14.5 Å². The van der Waals surface area contributed by atoms with Gasteiger partial charge in [-0.25, -0.2) is 0 Å². The van der Waals surface area contributed by atoms with Crippen molar-refractivity contribution in [2.45, 2.75) is 0 Å². The van der Waals surface area contributed by atoms with Crippen LogP contribution in [0.4, 0.5) is 0 Å². The van der Waals surface area contributed by atoms with Gasteiger partial charge in [0.2, 0.25) is 11.8 Å². The van der Waals surface area contributed by atoms with Crippen LogP contribution in [0.25, 0.3) is 0 Å². The number of likely N-dealkylation sites (N-methyl/N-ethyl adjacent to an activating group) is 1. The van der Waals surface area contributed by atoms with Gasteiger partial charge in [-0.2, -0.15) is 0 Å². The van der Waals surface area contributed by atoms with Crippen molar-refractivity contribution in [2.75, 3.05) is 52.9 Å². The van der Waals surface area contributed by atoms with E-state index < -0.39 is 0 Å². The summed E-state index contributed by atoms with van der Waals surface area (Å²) in [5.41, 5.74) is 0. The average molecular weight is 327 g/mol. The molecule has 0 aromatic heterocycles. The lowest BCUT2D eigenvalue weighted by atomic mass is 10.3. The summed E-state index contributed by atoms with van der Waals surface area (Å²) in [6.45, 7) is 7.69. The van der Waals surface area contributed by atoms with Crippen molar-refractivity contribution in [3.8, 4) is 0 Å². The van der Waals surface area contributed by atoms with E-state index in [9.17, 15) is 9.59 Å². The number of amides is 2. The fraction of sp³-hybridized carbons (Fsp3) is 0.667. The molecule has 0 unspecified atom stereocenters. The summed E-state index contributed by atoms with van der Waals surface area (Å²) in [5.74, 6) is 0.123. The Bertz CT molecular complexity index is 308. The number of hydrogen-bond acceptors (Lipinski definition) is 4. The number of piperazine rings is 1. The van der Waals surface area contributed by atoms with Gasteiger partial charge in [-0.05, 0) is 7.05 Å². The van der Waals surface area contributed by atoms with Gasteiger partial charge in [0.25, 0.3) is 0 Å². The van der Waals surface area contributed by atoms with E-state index in [1.165, 1.54) is 0 Å². The van der Waals surface area contributed by atoms with Crippen LogP contribution < -0.4 is 10.6 Å². The Morgan fingerprint density at radius 1 is 1.20 bits per heavy atom. The van der Waals surface area contributed by atoms with Gasteiger partial charge < -0.3 is 15.5 Å². The minimum Gasteiger partial charge on any atom is -0.352 e. The first kappa shape index (κ1) is 21.5. The molecule has 2 amide bonds. The first-order valence-corrected chi connectivity index (χ1v) is 6.19. The van der Waals surface area contributed by atoms with Crippen molar-refractivity contribution in [1.29, 1.82) is 0 Å². The Morgan fingerprint density at radius 2 is 1.80 bits per heavy atom.